The standard InChI is InChI=1S/C21H18BrN5O2/c22-15-6-8-16(9-7-15)26-20(28)18-14-23-27(17-4-2-1-3-5-17)19(18)24-21(26)25-10-12-29-13-11-25/h1-9,14H,10-13H2. The molecule has 2 aromatic heterocycles. The number of morpholine rings is 1. The van der Waals surface area contributed by atoms with Gasteiger partial charge in [0, 0.05) is 17.6 Å². The van der Waals surface area contributed by atoms with Crippen LogP contribution in [0.4, 0.5) is 5.95 Å². The zero-order valence-corrected chi connectivity index (χ0v) is 17.1. The summed E-state index contributed by atoms with van der Waals surface area (Å²) in [6, 6.07) is 17.4. The minimum absolute atomic E-state index is 0.138. The molecule has 0 spiro atoms. The van der Waals surface area contributed by atoms with E-state index in [0.717, 1.165) is 15.8 Å². The number of halogens is 1. The Morgan fingerprint density at radius 1 is 0.931 bits per heavy atom. The van der Waals surface area contributed by atoms with Crippen molar-refractivity contribution in [1.29, 1.82) is 0 Å². The van der Waals surface area contributed by atoms with Crippen LogP contribution < -0.4 is 10.5 Å². The summed E-state index contributed by atoms with van der Waals surface area (Å²) in [5.74, 6) is 0.603. The molecule has 0 aliphatic carbocycles. The molecule has 0 N–H and O–H groups in total. The van der Waals surface area contributed by atoms with Gasteiger partial charge in [0.25, 0.3) is 5.56 Å². The Balaban J connectivity index is 1.78. The molecule has 1 aliphatic heterocycles. The molecule has 0 saturated carbocycles. The van der Waals surface area contributed by atoms with Gasteiger partial charge in [-0.1, -0.05) is 34.1 Å². The van der Waals surface area contributed by atoms with E-state index < -0.39 is 0 Å². The lowest BCUT2D eigenvalue weighted by atomic mass is 10.3. The predicted molar refractivity (Wildman–Crippen MR) is 115 cm³/mol. The highest BCUT2D eigenvalue weighted by atomic mass is 79.9. The molecular weight excluding hydrogens is 434 g/mol. The highest BCUT2D eigenvalue weighted by molar-refractivity contribution is 9.10. The molecular formula is C21H18BrN5O2. The van der Waals surface area contributed by atoms with Crippen LogP contribution in [0.1, 0.15) is 0 Å². The van der Waals surface area contributed by atoms with Crippen LogP contribution in [0.15, 0.2) is 70.1 Å². The minimum atomic E-state index is -0.138. The maximum absolute atomic E-state index is 13.5. The monoisotopic (exact) mass is 451 g/mol. The van der Waals surface area contributed by atoms with Crippen molar-refractivity contribution < 1.29 is 4.74 Å². The minimum Gasteiger partial charge on any atom is -0.378 e. The zero-order valence-electron chi connectivity index (χ0n) is 15.5. The number of hydrogen-bond acceptors (Lipinski definition) is 5. The quantitative estimate of drug-likeness (QED) is 0.478. The number of hydrogen-bond donors (Lipinski definition) is 0. The third-order valence-electron chi connectivity index (χ3n) is 4.96. The molecule has 8 heteroatoms. The van der Waals surface area contributed by atoms with Crippen LogP contribution in [0, 0.1) is 0 Å². The lowest BCUT2D eigenvalue weighted by Crippen LogP contribution is -2.40. The lowest BCUT2D eigenvalue weighted by molar-refractivity contribution is 0.122. The number of anilines is 1. The SMILES string of the molecule is O=c1c2cnn(-c3ccccc3)c2nc(N2CCOCC2)n1-c1ccc(Br)cc1. The van der Waals surface area contributed by atoms with Crippen LogP contribution in [0.3, 0.4) is 0 Å². The van der Waals surface area contributed by atoms with Gasteiger partial charge in [0.05, 0.1) is 30.8 Å². The van der Waals surface area contributed by atoms with Crippen molar-refractivity contribution in [2.24, 2.45) is 0 Å². The van der Waals surface area contributed by atoms with Gasteiger partial charge in [0.15, 0.2) is 5.65 Å². The second-order valence-electron chi connectivity index (χ2n) is 6.76. The Kier molecular flexibility index (Phi) is 4.65. The number of ether oxygens (including phenoxy) is 1. The van der Waals surface area contributed by atoms with Crippen LogP contribution in [-0.2, 0) is 4.74 Å². The van der Waals surface area contributed by atoms with Crippen LogP contribution in [-0.4, -0.2) is 45.6 Å². The van der Waals surface area contributed by atoms with E-state index in [1.54, 1.807) is 15.4 Å². The van der Waals surface area contributed by atoms with Crippen molar-refractivity contribution in [1.82, 2.24) is 19.3 Å². The van der Waals surface area contributed by atoms with E-state index in [4.69, 9.17) is 9.72 Å². The molecule has 4 aromatic rings. The first-order valence-corrected chi connectivity index (χ1v) is 10.2. The van der Waals surface area contributed by atoms with E-state index in [2.05, 4.69) is 25.9 Å². The molecule has 29 heavy (non-hydrogen) atoms. The summed E-state index contributed by atoms with van der Waals surface area (Å²) >= 11 is 3.46. The first kappa shape index (κ1) is 18.1. The van der Waals surface area contributed by atoms with Crippen LogP contribution >= 0.6 is 15.9 Å². The van der Waals surface area contributed by atoms with Crippen molar-refractivity contribution in [3.8, 4) is 11.4 Å². The smallest absolute Gasteiger partial charge is 0.270 e. The summed E-state index contributed by atoms with van der Waals surface area (Å²) in [4.78, 5) is 20.5. The van der Waals surface area contributed by atoms with Crippen molar-refractivity contribution in [2.45, 2.75) is 0 Å². The number of aromatic nitrogens is 4. The highest BCUT2D eigenvalue weighted by Gasteiger charge is 2.22. The molecule has 0 bridgehead atoms. The van der Waals surface area contributed by atoms with Gasteiger partial charge in [0.2, 0.25) is 5.95 Å². The number of benzene rings is 2. The number of rotatable bonds is 3. The van der Waals surface area contributed by atoms with Crippen LogP contribution in [0.5, 0.6) is 0 Å². The van der Waals surface area contributed by atoms with Gasteiger partial charge in [-0.2, -0.15) is 10.1 Å². The average Bonchev–Trinajstić information content (AvgIpc) is 3.20. The maximum Gasteiger partial charge on any atom is 0.270 e. The summed E-state index contributed by atoms with van der Waals surface area (Å²) in [5, 5.41) is 4.93. The van der Waals surface area contributed by atoms with Crippen LogP contribution in [0.25, 0.3) is 22.4 Å². The van der Waals surface area contributed by atoms with Gasteiger partial charge in [0.1, 0.15) is 5.39 Å². The van der Waals surface area contributed by atoms with Gasteiger partial charge in [-0.3, -0.25) is 4.79 Å². The van der Waals surface area contributed by atoms with Gasteiger partial charge in [-0.05, 0) is 36.4 Å². The Morgan fingerprint density at radius 2 is 1.66 bits per heavy atom. The normalized spacial score (nSPS) is 14.4. The van der Waals surface area contributed by atoms with E-state index in [-0.39, 0.29) is 5.56 Å². The zero-order chi connectivity index (χ0) is 19.8. The molecule has 1 fully saturated rings. The first-order chi connectivity index (χ1) is 14.2. The Labute approximate surface area is 175 Å². The Hall–Kier alpha value is -2.97. The Bertz CT molecular complexity index is 1210. The molecule has 0 radical (unpaired) electrons. The predicted octanol–water partition coefficient (Wildman–Crippen LogP) is 3.17. The molecule has 5 rings (SSSR count). The molecule has 0 amide bonds. The average molecular weight is 452 g/mol. The molecule has 0 atom stereocenters. The van der Waals surface area contributed by atoms with Gasteiger partial charge < -0.3 is 9.64 Å². The van der Waals surface area contributed by atoms with E-state index in [9.17, 15) is 4.79 Å². The van der Waals surface area contributed by atoms with Crippen LogP contribution in [0.2, 0.25) is 0 Å². The van der Waals surface area contributed by atoms with Crippen molar-refractivity contribution in [2.75, 3.05) is 31.2 Å². The molecule has 7 nitrogen and oxygen atoms in total. The molecule has 3 heterocycles. The van der Waals surface area contributed by atoms with Gasteiger partial charge in [-0.15, -0.1) is 0 Å². The van der Waals surface area contributed by atoms with Crippen molar-refractivity contribution in [3.05, 3.63) is 75.6 Å². The van der Waals surface area contributed by atoms with Crippen molar-refractivity contribution >= 4 is 32.9 Å². The molecule has 146 valence electrons. The highest BCUT2D eigenvalue weighted by Crippen LogP contribution is 2.23. The number of fused-ring (bicyclic) bond motifs is 1. The first-order valence-electron chi connectivity index (χ1n) is 9.37. The summed E-state index contributed by atoms with van der Waals surface area (Å²) in [7, 11) is 0. The lowest BCUT2D eigenvalue weighted by Gasteiger charge is -2.29. The molecule has 2 aromatic carbocycles. The molecule has 1 saturated heterocycles. The van der Waals surface area contributed by atoms with E-state index in [0.29, 0.717) is 43.3 Å². The number of nitrogens with zero attached hydrogens (tertiary/aromatic N) is 5. The fourth-order valence-electron chi connectivity index (χ4n) is 3.51. The van der Waals surface area contributed by atoms with Crippen molar-refractivity contribution in [3.63, 3.8) is 0 Å². The van der Waals surface area contributed by atoms with E-state index in [1.165, 1.54) is 0 Å². The maximum atomic E-state index is 13.5. The second kappa shape index (κ2) is 7.46. The van der Waals surface area contributed by atoms with E-state index >= 15 is 0 Å². The summed E-state index contributed by atoms with van der Waals surface area (Å²) in [6.45, 7) is 2.56. The topological polar surface area (TPSA) is 65.2 Å². The number of para-hydroxylation sites is 1. The summed E-state index contributed by atoms with van der Waals surface area (Å²) in [5.41, 5.74) is 2.04. The molecule has 1 aliphatic rings. The second-order valence-corrected chi connectivity index (χ2v) is 7.67. The van der Waals surface area contributed by atoms with Gasteiger partial charge >= 0.3 is 0 Å². The largest absolute Gasteiger partial charge is 0.378 e. The summed E-state index contributed by atoms with van der Waals surface area (Å²) in [6.07, 6.45) is 1.59. The van der Waals surface area contributed by atoms with Gasteiger partial charge in [-0.25, -0.2) is 9.25 Å². The fraction of sp³-hybridized carbons (Fsp3) is 0.190. The third-order valence-corrected chi connectivity index (χ3v) is 5.49. The van der Waals surface area contributed by atoms with E-state index in [1.807, 2.05) is 54.6 Å². The fourth-order valence-corrected chi connectivity index (χ4v) is 3.78. The molecule has 0 unspecified atom stereocenters. The Morgan fingerprint density at radius 3 is 2.38 bits per heavy atom. The third kappa shape index (κ3) is 3.24. The summed E-state index contributed by atoms with van der Waals surface area (Å²) < 4.78 is 9.83.